The second-order valence-corrected chi connectivity index (χ2v) is 10.9. The first kappa shape index (κ1) is 25.0. The van der Waals surface area contributed by atoms with Crippen molar-refractivity contribution >= 4 is 10.9 Å². The number of nitrogens with zero attached hydrogens (tertiary/aromatic N) is 5. The number of tetrazole rings is 1. The van der Waals surface area contributed by atoms with E-state index in [1.54, 1.807) is 6.26 Å². The van der Waals surface area contributed by atoms with Crippen molar-refractivity contribution in [2.75, 3.05) is 13.2 Å². The number of furan rings is 1. The quantitative estimate of drug-likeness (QED) is 0.352. The van der Waals surface area contributed by atoms with Crippen molar-refractivity contribution in [2.45, 2.75) is 83.5 Å². The van der Waals surface area contributed by atoms with Crippen LogP contribution in [-0.4, -0.2) is 49.3 Å². The van der Waals surface area contributed by atoms with E-state index in [0.717, 1.165) is 67.4 Å². The van der Waals surface area contributed by atoms with E-state index >= 15 is 0 Å². The van der Waals surface area contributed by atoms with Crippen molar-refractivity contribution in [1.29, 1.82) is 0 Å². The fraction of sp³-hybridized carbons (Fsp3) is 0.517. The number of hydrogen-bond donors (Lipinski definition) is 1. The molecular formula is C29H36N6O3. The molecule has 38 heavy (non-hydrogen) atoms. The van der Waals surface area contributed by atoms with Gasteiger partial charge in [-0.3, -0.25) is 9.69 Å². The minimum atomic E-state index is -0.462. The zero-order valence-corrected chi connectivity index (χ0v) is 22.2. The van der Waals surface area contributed by atoms with Crippen LogP contribution in [0, 0.1) is 13.8 Å². The van der Waals surface area contributed by atoms with Gasteiger partial charge in [0.15, 0.2) is 5.82 Å². The highest BCUT2D eigenvalue weighted by Crippen LogP contribution is 2.34. The zero-order valence-electron chi connectivity index (χ0n) is 22.2. The molecule has 2 atom stereocenters. The number of hydrogen-bond acceptors (Lipinski definition) is 7. The smallest absolute Gasteiger partial charge is 0.253 e. The molecule has 6 rings (SSSR count). The summed E-state index contributed by atoms with van der Waals surface area (Å²) in [4.78, 5) is 19.2. The fourth-order valence-corrected chi connectivity index (χ4v) is 6.08. The maximum absolute atomic E-state index is 13.8. The molecule has 0 bridgehead atoms. The van der Waals surface area contributed by atoms with Gasteiger partial charge < -0.3 is 14.1 Å². The summed E-state index contributed by atoms with van der Waals surface area (Å²) < 4.78 is 13.8. The third-order valence-electron chi connectivity index (χ3n) is 8.23. The van der Waals surface area contributed by atoms with Crippen LogP contribution in [-0.2, 0) is 11.3 Å². The molecule has 1 saturated heterocycles. The summed E-state index contributed by atoms with van der Waals surface area (Å²) in [6.45, 7) is 6.09. The number of aromatic amines is 1. The molecule has 1 aliphatic carbocycles. The van der Waals surface area contributed by atoms with Gasteiger partial charge in [-0.15, -0.1) is 5.10 Å². The van der Waals surface area contributed by atoms with Crippen molar-refractivity contribution in [2.24, 2.45) is 0 Å². The second-order valence-electron chi connectivity index (χ2n) is 10.9. The van der Waals surface area contributed by atoms with Gasteiger partial charge in [0.25, 0.3) is 5.56 Å². The summed E-state index contributed by atoms with van der Waals surface area (Å²) in [6.07, 6.45) is 9.45. The van der Waals surface area contributed by atoms with Crippen LogP contribution >= 0.6 is 0 Å². The molecular weight excluding hydrogens is 480 g/mol. The molecule has 4 heterocycles. The van der Waals surface area contributed by atoms with Gasteiger partial charge in [0.1, 0.15) is 11.8 Å². The lowest BCUT2D eigenvalue weighted by Crippen LogP contribution is -2.39. The minimum Gasteiger partial charge on any atom is -0.468 e. The molecule has 2 aliphatic rings. The highest BCUT2D eigenvalue weighted by molar-refractivity contribution is 5.81. The molecule has 2 fully saturated rings. The topological polar surface area (TPSA) is 102 Å². The van der Waals surface area contributed by atoms with Crippen molar-refractivity contribution in [3.63, 3.8) is 0 Å². The number of rotatable bonds is 8. The highest BCUT2D eigenvalue weighted by atomic mass is 16.5. The number of aryl methyl sites for hydroxylation is 2. The number of aromatic nitrogens is 5. The van der Waals surface area contributed by atoms with Gasteiger partial charge in [-0.1, -0.05) is 19.3 Å². The third-order valence-corrected chi connectivity index (χ3v) is 8.23. The van der Waals surface area contributed by atoms with Gasteiger partial charge in [-0.2, -0.15) is 0 Å². The first-order valence-corrected chi connectivity index (χ1v) is 13.9. The lowest BCUT2D eigenvalue weighted by molar-refractivity contribution is 0.0539. The van der Waals surface area contributed by atoms with Crippen LogP contribution in [0.3, 0.4) is 0 Å². The molecule has 200 valence electrons. The molecule has 9 heteroatoms. The molecule has 0 unspecified atom stereocenters. The Kier molecular flexibility index (Phi) is 7.12. The molecule has 9 nitrogen and oxygen atoms in total. The second kappa shape index (κ2) is 10.8. The molecule has 4 aromatic rings. The monoisotopic (exact) mass is 516 g/mol. The number of benzene rings is 1. The van der Waals surface area contributed by atoms with Gasteiger partial charge in [0, 0.05) is 24.2 Å². The number of H-pyrrole nitrogens is 1. The first-order valence-electron chi connectivity index (χ1n) is 13.9. The van der Waals surface area contributed by atoms with Crippen molar-refractivity contribution in [3.05, 3.63) is 75.2 Å². The van der Waals surface area contributed by atoms with Crippen molar-refractivity contribution in [1.82, 2.24) is 30.1 Å². The van der Waals surface area contributed by atoms with Crippen molar-refractivity contribution < 1.29 is 9.15 Å². The average molecular weight is 517 g/mol. The Morgan fingerprint density at radius 3 is 2.71 bits per heavy atom. The number of pyridine rings is 1. The van der Waals surface area contributed by atoms with Gasteiger partial charge >= 0.3 is 0 Å². The minimum absolute atomic E-state index is 0.0795. The predicted octanol–water partition coefficient (Wildman–Crippen LogP) is 5.00. The van der Waals surface area contributed by atoms with Gasteiger partial charge in [0.2, 0.25) is 0 Å². The SMILES string of the molecule is Cc1cc2cc([C@@H](c3nnnn3C3CCCCC3)N(Cc3ccco3)C[C@@H]3CCCO3)c(=O)[nH]c2cc1C. The van der Waals surface area contributed by atoms with E-state index in [-0.39, 0.29) is 17.7 Å². The molecule has 0 spiro atoms. The summed E-state index contributed by atoms with van der Waals surface area (Å²) >= 11 is 0. The summed E-state index contributed by atoms with van der Waals surface area (Å²) in [6, 6.07) is 9.85. The Labute approximate surface area is 222 Å². The van der Waals surface area contributed by atoms with E-state index in [1.165, 1.54) is 12.0 Å². The largest absolute Gasteiger partial charge is 0.468 e. The molecule has 1 aromatic carbocycles. The molecule has 1 saturated carbocycles. The predicted molar refractivity (Wildman–Crippen MR) is 144 cm³/mol. The highest BCUT2D eigenvalue weighted by Gasteiger charge is 2.35. The molecule has 1 N–H and O–H groups in total. The number of nitrogens with one attached hydrogen (secondary N) is 1. The number of ether oxygens (including phenoxy) is 1. The van der Waals surface area contributed by atoms with E-state index in [1.807, 2.05) is 28.9 Å². The molecule has 0 radical (unpaired) electrons. The Morgan fingerprint density at radius 1 is 1.11 bits per heavy atom. The van der Waals surface area contributed by atoms with Crippen LogP contribution in [0.15, 0.2) is 45.8 Å². The summed E-state index contributed by atoms with van der Waals surface area (Å²) in [5.74, 6) is 1.53. The maximum Gasteiger partial charge on any atom is 0.253 e. The van der Waals surface area contributed by atoms with Crippen LogP contribution in [0.1, 0.15) is 85.3 Å². The summed E-state index contributed by atoms with van der Waals surface area (Å²) in [7, 11) is 0. The number of fused-ring (bicyclic) bond motifs is 1. The molecule has 1 aliphatic heterocycles. The molecule has 3 aromatic heterocycles. The van der Waals surface area contributed by atoms with E-state index in [2.05, 4.69) is 45.3 Å². The summed E-state index contributed by atoms with van der Waals surface area (Å²) in [5, 5.41) is 14.2. The average Bonchev–Trinajstić information content (AvgIpc) is 3.70. The first-order chi connectivity index (χ1) is 18.6. The van der Waals surface area contributed by atoms with E-state index < -0.39 is 6.04 Å². The third kappa shape index (κ3) is 5.05. The van der Waals surface area contributed by atoms with Gasteiger partial charge in [-0.05, 0) is 96.8 Å². The fourth-order valence-electron chi connectivity index (χ4n) is 6.08. The maximum atomic E-state index is 13.8. The molecule has 0 amide bonds. The Morgan fingerprint density at radius 2 is 1.95 bits per heavy atom. The van der Waals surface area contributed by atoms with Crippen LogP contribution < -0.4 is 5.56 Å². The van der Waals surface area contributed by atoms with Gasteiger partial charge in [-0.25, -0.2) is 4.68 Å². The summed E-state index contributed by atoms with van der Waals surface area (Å²) in [5.41, 5.74) is 3.68. The Hall–Kier alpha value is -3.30. The van der Waals surface area contributed by atoms with E-state index in [9.17, 15) is 4.79 Å². The van der Waals surface area contributed by atoms with E-state index in [0.29, 0.717) is 24.5 Å². The van der Waals surface area contributed by atoms with Crippen LogP contribution in [0.4, 0.5) is 0 Å². The lowest BCUT2D eigenvalue weighted by Gasteiger charge is -2.33. The standard InChI is InChI=1S/C29H36N6O3/c1-19-14-21-16-25(29(36)30-26(21)15-20(19)2)27(28-31-32-33-35(28)22-8-4-3-5-9-22)34(17-23-10-6-12-37-23)18-24-11-7-13-38-24/h6,10,12,14-16,22,24,27H,3-5,7-9,11,13,17-18H2,1-2H3,(H,30,36)/t24-,27-/m0/s1. The van der Waals surface area contributed by atoms with E-state index in [4.69, 9.17) is 9.15 Å². The van der Waals surface area contributed by atoms with Crippen LogP contribution in [0.25, 0.3) is 10.9 Å². The Bertz CT molecular complexity index is 1430. The van der Waals surface area contributed by atoms with Crippen LogP contribution in [0.2, 0.25) is 0 Å². The van der Waals surface area contributed by atoms with Crippen LogP contribution in [0.5, 0.6) is 0 Å². The van der Waals surface area contributed by atoms with Crippen molar-refractivity contribution in [3.8, 4) is 0 Å². The Balaban J connectivity index is 1.51. The zero-order chi connectivity index (χ0) is 26.1. The van der Waals surface area contributed by atoms with Gasteiger partial charge in [0.05, 0.1) is 25.0 Å². The normalized spacial score (nSPS) is 19.5. The lowest BCUT2D eigenvalue weighted by atomic mass is 9.95.